The minimum Gasteiger partial charge on any atom is -0.324 e. The van der Waals surface area contributed by atoms with Crippen molar-refractivity contribution in [2.45, 2.75) is 32.2 Å². The lowest BCUT2D eigenvalue weighted by Gasteiger charge is -2.22. The first-order valence-electron chi connectivity index (χ1n) is 5.42. The molecular formula is C12H16BrFN2O. The minimum absolute atomic E-state index is 0.305. The van der Waals surface area contributed by atoms with Crippen LogP contribution in [0.4, 0.5) is 10.1 Å². The van der Waals surface area contributed by atoms with E-state index in [0.717, 1.165) is 6.42 Å². The van der Waals surface area contributed by atoms with Crippen LogP contribution in [0.25, 0.3) is 0 Å². The molecule has 0 aliphatic heterocycles. The highest BCUT2D eigenvalue weighted by atomic mass is 79.9. The SMILES string of the molecule is CCCC(C)(N)C(=O)Nc1ccc(Br)c(F)c1. The van der Waals surface area contributed by atoms with Gasteiger partial charge in [-0.3, -0.25) is 4.79 Å². The molecule has 3 nitrogen and oxygen atoms in total. The summed E-state index contributed by atoms with van der Waals surface area (Å²) in [5.74, 6) is -0.724. The van der Waals surface area contributed by atoms with E-state index in [4.69, 9.17) is 5.73 Å². The van der Waals surface area contributed by atoms with E-state index < -0.39 is 11.4 Å². The highest BCUT2D eigenvalue weighted by molar-refractivity contribution is 9.10. The highest BCUT2D eigenvalue weighted by Gasteiger charge is 2.27. The van der Waals surface area contributed by atoms with Gasteiger partial charge in [-0.15, -0.1) is 0 Å². The zero-order valence-corrected chi connectivity index (χ0v) is 11.5. The molecule has 0 spiro atoms. The summed E-state index contributed by atoms with van der Waals surface area (Å²) in [6.07, 6.45) is 1.40. The molecule has 0 saturated heterocycles. The van der Waals surface area contributed by atoms with Gasteiger partial charge in [0.1, 0.15) is 5.82 Å². The Hall–Kier alpha value is -0.940. The van der Waals surface area contributed by atoms with Crippen molar-refractivity contribution < 1.29 is 9.18 Å². The normalized spacial score (nSPS) is 14.2. The van der Waals surface area contributed by atoms with Gasteiger partial charge in [-0.1, -0.05) is 13.3 Å². The fraction of sp³-hybridized carbons (Fsp3) is 0.417. The average molecular weight is 303 g/mol. The monoisotopic (exact) mass is 302 g/mol. The van der Waals surface area contributed by atoms with E-state index in [1.807, 2.05) is 6.92 Å². The maximum Gasteiger partial charge on any atom is 0.244 e. The second-order valence-corrected chi connectivity index (χ2v) is 5.10. The molecule has 1 atom stereocenters. The number of nitrogens with two attached hydrogens (primary N) is 1. The Morgan fingerprint density at radius 1 is 1.59 bits per heavy atom. The molecule has 0 radical (unpaired) electrons. The van der Waals surface area contributed by atoms with Crippen molar-refractivity contribution in [1.82, 2.24) is 0 Å². The molecule has 0 fully saturated rings. The Morgan fingerprint density at radius 2 is 2.24 bits per heavy atom. The number of nitrogens with one attached hydrogen (secondary N) is 1. The lowest BCUT2D eigenvalue weighted by atomic mass is 9.96. The number of halogens is 2. The van der Waals surface area contributed by atoms with Crippen LogP contribution in [0.1, 0.15) is 26.7 Å². The molecule has 0 heterocycles. The second-order valence-electron chi connectivity index (χ2n) is 4.25. The molecule has 1 aromatic rings. The summed E-state index contributed by atoms with van der Waals surface area (Å²) in [4.78, 5) is 11.9. The summed E-state index contributed by atoms with van der Waals surface area (Å²) in [5, 5.41) is 2.61. The van der Waals surface area contributed by atoms with Gasteiger partial charge in [0, 0.05) is 5.69 Å². The second kappa shape index (κ2) is 5.60. The van der Waals surface area contributed by atoms with Crippen LogP contribution in [0.2, 0.25) is 0 Å². The predicted molar refractivity (Wildman–Crippen MR) is 70.2 cm³/mol. The smallest absolute Gasteiger partial charge is 0.244 e. The number of benzene rings is 1. The van der Waals surface area contributed by atoms with Crippen molar-refractivity contribution in [1.29, 1.82) is 0 Å². The van der Waals surface area contributed by atoms with E-state index in [1.54, 1.807) is 19.1 Å². The zero-order chi connectivity index (χ0) is 13.1. The fourth-order valence-corrected chi connectivity index (χ4v) is 1.73. The number of hydrogen-bond donors (Lipinski definition) is 2. The molecule has 0 aliphatic rings. The molecule has 1 rings (SSSR count). The molecule has 1 aromatic carbocycles. The third kappa shape index (κ3) is 3.78. The molecule has 17 heavy (non-hydrogen) atoms. The Bertz CT molecular complexity index is 421. The minimum atomic E-state index is -0.932. The Morgan fingerprint density at radius 3 is 2.76 bits per heavy atom. The molecule has 0 bridgehead atoms. The lowest BCUT2D eigenvalue weighted by molar-refractivity contribution is -0.120. The summed E-state index contributed by atoms with van der Waals surface area (Å²) in [5.41, 5.74) is 5.35. The Labute approximate surface area is 109 Å². The third-order valence-corrected chi connectivity index (χ3v) is 3.11. The highest BCUT2D eigenvalue weighted by Crippen LogP contribution is 2.20. The van der Waals surface area contributed by atoms with Gasteiger partial charge in [-0.2, -0.15) is 0 Å². The van der Waals surface area contributed by atoms with Crippen molar-refractivity contribution in [2.24, 2.45) is 5.73 Å². The van der Waals surface area contributed by atoms with Crippen LogP contribution in [0.3, 0.4) is 0 Å². The van der Waals surface area contributed by atoms with Crippen LogP contribution < -0.4 is 11.1 Å². The lowest BCUT2D eigenvalue weighted by Crippen LogP contribution is -2.48. The van der Waals surface area contributed by atoms with Crippen LogP contribution in [0.5, 0.6) is 0 Å². The summed E-state index contributed by atoms with van der Waals surface area (Å²) in [6.45, 7) is 3.62. The van der Waals surface area contributed by atoms with Gasteiger partial charge in [0.15, 0.2) is 0 Å². The zero-order valence-electron chi connectivity index (χ0n) is 9.89. The summed E-state index contributed by atoms with van der Waals surface area (Å²) in [7, 11) is 0. The molecule has 0 saturated carbocycles. The van der Waals surface area contributed by atoms with Gasteiger partial charge in [0.05, 0.1) is 10.0 Å². The van der Waals surface area contributed by atoms with E-state index in [0.29, 0.717) is 16.6 Å². The molecule has 0 aliphatic carbocycles. The van der Waals surface area contributed by atoms with Gasteiger partial charge in [0.25, 0.3) is 0 Å². The van der Waals surface area contributed by atoms with E-state index in [2.05, 4.69) is 21.2 Å². The third-order valence-electron chi connectivity index (χ3n) is 2.47. The predicted octanol–water partition coefficient (Wildman–Crippen LogP) is 3.04. The largest absolute Gasteiger partial charge is 0.324 e. The number of rotatable bonds is 4. The molecule has 3 N–H and O–H groups in total. The first kappa shape index (κ1) is 14.1. The maximum absolute atomic E-state index is 13.2. The van der Waals surface area contributed by atoms with Gasteiger partial charge in [-0.05, 0) is 47.5 Å². The Balaban J connectivity index is 2.77. The number of amides is 1. The molecule has 1 amide bonds. The fourth-order valence-electron chi connectivity index (χ4n) is 1.48. The van der Waals surface area contributed by atoms with Gasteiger partial charge < -0.3 is 11.1 Å². The van der Waals surface area contributed by atoms with Crippen molar-refractivity contribution in [3.05, 3.63) is 28.5 Å². The summed E-state index contributed by atoms with van der Waals surface area (Å²) < 4.78 is 13.6. The summed E-state index contributed by atoms with van der Waals surface area (Å²) in [6, 6.07) is 4.41. The van der Waals surface area contributed by atoms with Crippen LogP contribution >= 0.6 is 15.9 Å². The molecule has 0 aromatic heterocycles. The quantitative estimate of drug-likeness (QED) is 0.898. The van der Waals surface area contributed by atoms with E-state index >= 15 is 0 Å². The number of carbonyl (C=O) groups excluding carboxylic acids is 1. The first-order valence-corrected chi connectivity index (χ1v) is 6.21. The molecular weight excluding hydrogens is 287 g/mol. The van der Waals surface area contributed by atoms with Gasteiger partial charge >= 0.3 is 0 Å². The van der Waals surface area contributed by atoms with E-state index in [1.165, 1.54) is 6.07 Å². The average Bonchev–Trinajstić information content (AvgIpc) is 2.23. The number of carbonyl (C=O) groups is 1. The van der Waals surface area contributed by atoms with Crippen molar-refractivity contribution in [2.75, 3.05) is 5.32 Å². The van der Waals surface area contributed by atoms with E-state index in [-0.39, 0.29) is 5.91 Å². The molecule has 1 unspecified atom stereocenters. The van der Waals surface area contributed by atoms with Crippen LogP contribution in [-0.4, -0.2) is 11.4 Å². The van der Waals surface area contributed by atoms with Crippen molar-refractivity contribution in [3.8, 4) is 0 Å². The van der Waals surface area contributed by atoms with Crippen molar-refractivity contribution in [3.63, 3.8) is 0 Å². The molecule has 94 valence electrons. The Kier molecular flexibility index (Phi) is 4.65. The maximum atomic E-state index is 13.2. The number of hydrogen-bond acceptors (Lipinski definition) is 2. The van der Waals surface area contributed by atoms with Crippen LogP contribution in [0.15, 0.2) is 22.7 Å². The first-order chi connectivity index (χ1) is 7.86. The topological polar surface area (TPSA) is 55.1 Å². The number of anilines is 1. The van der Waals surface area contributed by atoms with Gasteiger partial charge in [-0.25, -0.2) is 4.39 Å². The standard InChI is InChI=1S/C12H16BrFN2O/c1-3-6-12(2,15)11(17)16-8-4-5-9(13)10(14)7-8/h4-5,7H,3,6,15H2,1-2H3,(H,16,17). The van der Waals surface area contributed by atoms with E-state index in [9.17, 15) is 9.18 Å². The van der Waals surface area contributed by atoms with Crippen molar-refractivity contribution >= 4 is 27.5 Å². The molecule has 5 heteroatoms. The van der Waals surface area contributed by atoms with Gasteiger partial charge in [0.2, 0.25) is 5.91 Å². The summed E-state index contributed by atoms with van der Waals surface area (Å²) >= 11 is 3.05. The van der Waals surface area contributed by atoms with Crippen LogP contribution in [0, 0.1) is 5.82 Å². The van der Waals surface area contributed by atoms with Crippen LogP contribution in [-0.2, 0) is 4.79 Å².